The van der Waals surface area contributed by atoms with Crippen molar-refractivity contribution in [3.63, 3.8) is 0 Å². The van der Waals surface area contributed by atoms with Crippen molar-refractivity contribution in [2.45, 2.75) is 31.6 Å². The van der Waals surface area contributed by atoms with E-state index >= 15 is 0 Å². The number of aliphatic hydroxyl groups excluding tert-OH is 1. The largest absolute Gasteiger partial charge is 0.506 e. The number of benzene rings is 3. The SMILES string of the molecule is C[N+]1=C(/C=C2\C(=O)C(c3cn(-c4cc(C(F)(F)F)cc(C(F)(F)F)c4)c4ccccc34)=C2O)C(C)(C)c2ccccc21. The van der Waals surface area contributed by atoms with E-state index in [1.165, 1.54) is 16.8 Å². The van der Waals surface area contributed by atoms with Crippen LogP contribution in [0.3, 0.4) is 0 Å². The molecule has 42 heavy (non-hydrogen) atoms. The van der Waals surface area contributed by atoms with E-state index in [0.717, 1.165) is 17.0 Å². The van der Waals surface area contributed by atoms with Crippen LogP contribution in [0.15, 0.2) is 90.3 Å². The van der Waals surface area contributed by atoms with E-state index in [1.807, 2.05) is 49.7 Å². The van der Waals surface area contributed by atoms with Crippen LogP contribution >= 0.6 is 0 Å². The molecule has 3 aromatic carbocycles. The summed E-state index contributed by atoms with van der Waals surface area (Å²) in [6.07, 6.45) is -7.13. The maximum atomic E-state index is 13.6. The molecule has 0 saturated carbocycles. The monoisotopic (exact) mass is 581 g/mol. The first-order chi connectivity index (χ1) is 19.6. The Morgan fingerprint density at radius 1 is 0.881 bits per heavy atom. The summed E-state index contributed by atoms with van der Waals surface area (Å²) in [4.78, 5) is 13.5. The molecule has 2 heterocycles. The molecule has 1 aromatic heterocycles. The number of aromatic nitrogens is 1. The lowest BCUT2D eigenvalue weighted by molar-refractivity contribution is -0.401. The minimum Gasteiger partial charge on any atom is -0.506 e. The fourth-order valence-corrected chi connectivity index (χ4v) is 5.87. The van der Waals surface area contributed by atoms with Crippen molar-refractivity contribution in [1.82, 2.24) is 4.57 Å². The second kappa shape index (κ2) is 8.95. The Morgan fingerprint density at radius 3 is 2.07 bits per heavy atom. The van der Waals surface area contributed by atoms with Crippen LogP contribution in [-0.4, -0.2) is 32.8 Å². The molecule has 0 radical (unpaired) electrons. The summed E-state index contributed by atoms with van der Waals surface area (Å²) in [7, 11) is 1.86. The molecule has 1 aliphatic carbocycles. The number of allylic oxidation sites excluding steroid dienone is 3. The number of alkyl halides is 6. The summed E-state index contributed by atoms with van der Waals surface area (Å²) in [6, 6.07) is 15.4. The minimum absolute atomic E-state index is 0.0595. The summed E-state index contributed by atoms with van der Waals surface area (Å²) in [5.74, 6) is -0.779. The predicted molar refractivity (Wildman–Crippen MR) is 146 cm³/mol. The van der Waals surface area contributed by atoms with Crippen LogP contribution in [0.4, 0.5) is 32.0 Å². The lowest BCUT2D eigenvalue weighted by Gasteiger charge is -2.22. The maximum absolute atomic E-state index is 13.6. The van der Waals surface area contributed by atoms with Crippen molar-refractivity contribution in [2.75, 3.05) is 7.05 Å². The molecule has 0 fully saturated rings. The Balaban J connectivity index is 1.50. The summed E-state index contributed by atoms with van der Waals surface area (Å²) in [5, 5.41) is 11.5. The van der Waals surface area contributed by atoms with Crippen LogP contribution in [0.5, 0.6) is 0 Å². The van der Waals surface area contributed by atoms with Crippen molar-refractivity contribution in [2.24, 2.45) is 0 Å². The zero-order chi connectivity index (χ0) is 30.4. The normalized spacial score (nSPS) is 17.8. The summed E-state index contributed by atoms with van der Waals surface area (Å²) in [6.45, 7) is 4.01. The number of hydrogen-bond acceptors (Lipinski definition) is 2. The van der Waals surface area contributed by atoms with Gasteiger partial charge in [-0.2, -0.15) is 30.9 Å². The van der Waals surface area contributed by atoms with Crippen LogP contribution in [0.25, 0.3) is 22.2 Å². The summed E-state index contributed by atoms with van der Waals surface area (Å²) >= 11 is 0. The highest BCUT2D eigenvalue weighted by atomic mass is 19.4. The van der Waals surface area contributed by atoms with Gasteiger partial charge >= 0.3 is 12.4 Å². The first-order valence-electron chi connectivity index (χ1n) is 12.9. The summed E-state index contributed by atoms with van der Waals surface area (Å²) in [5.41, 5.74) is -0.489. The van der Waals surface area contributed by atoms with Crippen molar-refractivity contribution >= 4 is 33.7 Å². The van der Waals surface area contributed by atoms with Gasteiger partial charge in [-0.25, -0.2) is 0 Å². The van der Waals surface area contributed by atoms with Gasteiger partial charge in [-0.15, -0.1) is 0 Å². The van der Waals surface area contributed by atoms with Gasteiger partial charge in [-0.05, 0) is 38.1 Å². The Morgan fingerprint density at radius 2 is 1.48 bits per heavy atom. The maximum Gasteiger partial charge on any atom is 0.416 e. The van der Waals surface area contributed by atoms with E-state index in [9.17, 15) is 36.2 Å². The number of aliphatic hydroxyl groups is 1. The number of Topliss-reactive ketones (excluding diaryl/α,β-unsaturated/α-hetero) is 1. The standard InChI is InChI=1S/C32H22F6N2O2/c1-30(2)23-9-5-7-11-25(23)39(3)26(30)15-21-28(41)27(29(21)42)22-16-40(24-10-6-4-8-20(22)24)19-13-17(31(33,34)35)12-18(14-19)32(36,37)38/h4-16H,1-3H3/p+1. The number of nitrogens with zero attached hydrogens (tertiary/aromatic N) is 2. The molecule has 1 N–H and O–H groups in total. The topological polar surface area (TPSA) is 45.2 Å². The number of carbonyl (C=O) groups excluding carboxylic acids is 1. The van der Waals surface area contributed by atoms with Crippen molar-refractivity contribution < 1.29 is 40.8 Å². The first kappa shape index (κ1) is 27.6. The second-order valence-corrected chi connectivity index (χ2v) is 10.9. The molecule has 6 rings (SSSR count). The van der Waals surface area contributed by atoms with E-state index < -0.39 is 34.7 Å². The molecule has 0 amide bonds. The molecule has 0 saturated heterocycles. The minimum atomic E-state index is -5.02. The number of para-hydroxylation sites is 2. The molecule has 4 nitrogen and oxygen atoms in total. The Hall–Kier alpha value is -4.60. The van der Waals surface area contributed by atoms with Crippen molar-refractivity contribution in [3.8, 4) is 5.69 Å². The fraction of sp³-hybridized carbons (Fsp3) is 0.188. The number of hydrogen-bond donors (Lipinski definition) is 1. The van der Waals surface area contributed by atoms with Gasteiger partial charge in [-0.1, -0.05) is 36.4 Å². The van der Waals surface area contributed by atoms with Crippen LogP contribution < -0.4 is 0 Å². The third-order valence-corrected chi connectivity index (χ3v) is 8.02. The molecule has 0 spiro atoms. The van der Waals surface area contributed by atoms with Crippen LogP contribution in [0, 0.1) is 0 Å². The molecule has 10 heteroatoms. The highest BCUT2D eigenvalue weighted by Gasteiger charge is 2.46. The van der Waals surface area contributed by atoms with Gasteiger partial charge in [0.05, 0.1) is 33.2 Å². The third kappa shape index (κ3) is 4.07. The Kier molecular flexibility index (Phi) is 5.87. The molecule has 4 aromatic rings. The first-order valence-corrected chi connectivity index (χ1v) is 12.9. The molecule has 214 valence electrons. The van der Waals surface area contributed by atoms with Gasteiger partial charge < -0.3 is 9.67 Å². The average Bonchev–Trinajstić information content (AvgIpc) is 3.39. The highest BCUT2D eigenvalue weighted by Crippen LogP contribution is 2.44. The van der Waals surface area contributed by atoms with Gasteiger partial charge in [0.15, 0.2) is 5.71 Å². The predicted octanol–water partition coefficient (Wildman–Crippen LogP) is 8.15. The quantitative estimate of drug-likeness (QED) is 0.151. The molecular weight excluding hydrogens is 558 g/mol. The zero-order valence-corrected chi connectivity index (χ0v) is 22.5. The van der Waals surface area contributed by atoms with Gasteiger partial charge in [0.1, 0.15) is 12.8 Å². The Bertz CT molecular complexity index is 1890. The molecule has 1 aliphatic heterocycles. The fourth-order valence-electron chi connectivity index (χ4n) is 5.87. The smallest absolute Gasteiger partial charge is 0.416 e. The number of fused-ring (bicyclic) bond motifs is 2. The van der Waals surface area contributed by atoms with Crippen LogP contribution in [-0.2, 0) is 22.6 Å². The van der Waals surface area contributed by atoms with Gasteiger partial charge in [0, 0.05) is 40.5 Å². The van der Waals surface area contributed by atoms with E-state index in [4.69, 9.17) is 0 Å². The van der Waals surface area contributed by atoms with Gasteiger partial charge in [0.2, 0.25) is 11.5 Å². The third-order valence-electron chi connectivity index (χ3n) is 8.02. The molecule has 0 atom stereocenters. The van der Waals surface area contributed by atoms with E-state index in [2.05, 4.69) is 0 Å². The molecule has 0 unspecified atom stereocenters. The molecule has 2 aliphatic rings. The van der Waals surface area contributed by atoms with Crippen molar-refractivity contribution in [3.05, 3.63) is 113 Å². The Labute approximate surface area is 236 Å². The number of carbonyl (C=O) groups is 1. The van der Waals surface area contributed by atoms with E-state index in [-0.39, 0.29) is 39.7 Å². The molecule has 0 bridgehead atoms. The lowest BCUT2D eigenvalue weighted by Crippen LogP contribution is -2.30. The zero-order valence-electron chi connectivity index (χ0n) is 22.5. The van der Waals surface area contributed by atoms with Crippen LogP contribution in [0.2, 0.25) is 0 Å². The highest BCUT2D eigenvalue weighted by molar-refractivity contribution is 6.41. The number of rotatable bonds is 3. The number of ketones is 1. The second-order valence-electron chi connectivity index (χ2n) is 10.9. The molecular formula is C32H23F6N2O2+. The van der Waals surface area contributed by atoms with E-state index in [0.29, 0.717) is 17.5 Å². The van der Waals surface area contributed by atoms with Gasteiger partial charge in [0.25, 0.3) is 0 Å². The average molecular weight is 582 g/mol. The van der Waals surface area contributed by atoms with E-state index in [1.54, 1.807) is 24.3 Å². The van der Waals surface area contributed by atoms with Crippen molar-refractivity contribution in [1.29, 1.82) is 0 Å². The summed E-state index contributed by atoms with van der Waals surface area (Å²) < 4.78 is 84.5. The van der Waals surface area contributed by atoms with Crippen LogP contribution in [0.1, 0.15) is 36.1 Å². The number of halogens is 6. The van der Waals surface area contributed by atoms with Gasteiger partial charge in [-0.3, -0.25) is 4.79 Å². The lowest BCUT2D eigenvalue weighted by atomic mass is 9.77.